The molecule has 0 aliphatic heterocycles. The molecule has 0 amide bonds. The van der Waals surface area contributed by atoms with E-state index in [1.807, 2.05) is 18.2 Å². The Morgan fingerprint density at radius 3 is 2.53 bits per heavy atom. The Morgan fingerprint density at radius 2 is 1.95 bits per heavy atom. The van der Waals surface area contributed by atoms with Crippen molar-refractivity contribution in [1.82, 2.24) is 14.8 Å². The molecule has 1 aromatic heterocycles. The molecule has 0 spiro atoms. The van der Waals surface area contributed by atoms with Crippen LogP contribution in [-0.4, -0.2) is 14.8 Å². The Hall–Kier alpha value is -0.200. The lowest BCUT2D eigenvalue weighted by atomic mass is 10.2. The molecule has 0 radical (unpaired) electrons. The van der Waals surface area contributed by atoms with Gasteiger partial charge in [-0.2, -0.15) is 0 Å². The molecule has 0 saturated heterocycles. The van der Waals surface area contributed by atoms with Gasteiger partial charge in [-0.3, -0.25) is 0 Å². The van der Waals surface area contributed by atoms with E-state index in [0.29, 0.717) is 11.2 Å². The number of halogens is 3. The molecule has 19 heavy (non-hydrogen) atoms. The second-order valence-electron chi connectivity index (χ2n) is 4.70. The van der Waals surface area contributed by atoms with Crippen molar-refractivity contribution in [1.29, 1.82) is 0 Å². The van der Waals surface area contributed by atoms with Crippen LogP contribution in [-0.2, 0) is 11.9 Å². The average molecular weight is 452 g/mol. The summed E-state index contributed by atoms with van der Waals surface area (Å²) < 4.78 is 4.23. The topological polar surface area (TPSA) is 30.7 Å². The third-order valence-electron chi connectivity index (χ3n) is 2.67. The molecule has 0 atom stereocenters. The SMILES string of the molecule is CC(C)Cn1c(CBr)nnc1-c1ccc(Br)cc1Br. The number of alkyl halides is 1. The maximum atomic E-state index is 4.34. The Kier molecular flexibility index (Phi) is 5.20. The first-order chi connectivity index (χ1) is 9.02. The van der Waals surface area contributed by atoms with Gasteiger partial charge >= 0.3 is 0 Å². The molecule has 3 nitrogen and oxygen atoms in total. The zero-order chi connectivity index (χ0) is 14.0. The molecule has 0 aliphatic carbocycles. The number of aromatic nitrogens is 3. The zero-order valence-corrected chi connectivity index (χ0v) is 15.5. The van der Waals surface area contributed by atoms with Gasteiger partial charge in [-0.25, -0.2) is 0 Å². The van der Waals surface area contributed by atoms with Gasteiger partial charge in [-0.15, -0.1) is 10.2 Å². The molecule has 0 fully saturated rings. The van der Waals surface area contributed by atoms with Gasteiger partial charge in [0.25, 0.3) is 0 Å². The van der Waals surface area contributed by atoms with E-state index in [-0.39, 0.29) is 0 Å². The van der Waals surface area contributed by atoms with Gasteiger partial charge in [-0.05, 0) is 40.0 Å². The van der Waals surface area contributed by atoms with Crippen LogP contribution in [0.3, 0.4) is 0 Å². The minimum absolute atomic E-state index is 0.543. The highest BCUT2D eigenvalue weighted by atomic mass is 79.9. The molecule has 0 unspecified atom stereocenters. The molecule has 2 rings (SSSR count). The maximum Gasteiger partial charge on any atom is 0.165 e. The summed E-state index contributed by atoms with van der Waals surface area (Å²) in [7, 11) is 0. The maximum absolute atomic E-state index is 4.34. The van der Waals surface area contributed by atoms with Crippen molar-refractivity contribution in [2.45, 2.75) is 25.7 Å². The molecule has 1 aromatic carbocycles. The fraction of sp³-hybridized carbons (Fsp3) is 0.385. The van der Waals surface area contributed by atoms with Gasteiger partial charge in [-0.1, -0.05) is 45.7 Å². The van der Waals surface area contributed by atoms with Crippen LogP contribution in [0.2, 0.25) is 0 Å². The minimum atomic E-state index is 0.543. The van der Waals surface area contributed by atoms with Crippen molar-refractivity contribution in [3.05, 3.63) is 33.0 Å². The summed E-state index contributed by atoms with van der Waals surface area (Å²) in [6.07, 6.45) is 0. The lowest BCUT2D eigenvalue weighted by Crippen LogP contribution is -2.09. The monoisotopic (exact) mass is 449 g/mol. The molecule has 0 N–H and O–H groups in total. The normalized spacial score (nSPS) is 11.3. The van der Waals surface area contributed by atoms with Gasteiger partial charge < -0.3 is 4.57 Å². The van der Waals surface area contributed by atoms with E-state index in [0.717, 1.165) is 32.7 Å². The summed E-state index contributed by atoms with van der Waals surface area (Å²) in [5, 5.41) is 9.31. The summed E-state index contributed by atoms with van der Waals surface area (Å²) in [5.41, 5.74) is 1.06. The molecule has 2 aromatic rings. The second-order valence-corrected chi connectivity index (χ2v) is 7.03. The Morgan fingerprint density at radius 1 is 1.21 bits per heavy atom. The molecule has 0 aliphatic rings. The summed E-state index contributed by atoms with van der Waals surface area (Å²) in [5.74, 6) is 2.41. The summed E-state index contributed by atoms with van der Waals surface area (Å²) in [6, 6.07) is 6.09. The van der Waals surface area contributed by atoms with E-state index in [4.69, 9.17) is 0 Å². The van der Waals surface area contributed by atoms with Crippen LogP contribution in [0.4, 0.5) is 0 Å². The molecular weight excluding hydrogens is 438 g/mol. The largest absolute Gasteiger partial charge is 0.310 e. The van der Waals surface area contributed by atoms with Crippen LogP contribution in [0.15, 0.2) is 27.1 Å². The van der Waals surface area contributed by atoms with E-state index in [2.05, 4.69) is 76.4 Å². The standard InChI is InChI=1S/C13H14Br3N3/c1-8(2)7-19-12(6-14)17-18-13(19)10-4-3-9(15)5-11(10)16/h3-5,8H,6-7H2,1-2H3. The predicted octanol–water partition coefficient (Wildman–Crippen LogP) is 5.02. The number of rotatable bonds is 4. The van der Waals surface area contributed by atoms with E-state index < -0.39 is 0 Å². The van der Waals surface area contributed by atoms with Crippen LogP contribution >= 0.6 is 47.8 Å². The van der Waals surface area contributed by atoms with E-state index >= 15 is 0 Å². The third kappa shape index (κ3) is 3.47. The Labute approximate surface area is 138 Å². The molecule has 0 bridgehead atoms. The van der Waals surface area contributed by atoms with Crippen molar-refractivity contribution in [2.75, 3.05) is 0 Å². The van der Waals surface area contributed by atoms with Gasteiger partial charge in [0.1, 0.15) is 5.82 Å². The van der Waals surface area contributed by atoms with Gasteiger partial charge in [0.15, 0.2) is 5.82 Å². The fourth-order valence-corrected chi connectivity index (χ4v) is 3.50. The first-order valence-electron chi connectivity index (χ1n) is 5.96. The third-order valence-corrected chi connectivity index (χ3v) is 4.32. The Balaban J connectivity index is 2.52. The van der Waals surface area contributed by atoms with Crippen LogP contribution in [0.5, 0.6) is 0 Å². The van der Waals surface area contributed by atoms with Crippen molar-refractivity contribution in [3.8, 4) is 11.4 Å². The Bertz CT molecular complexity index is 579. The van der Waals surface area contributed by atoms with Gasteiger partial charge in [0.2, 0.25) is 0 Å². The lowest BCUT2D eigenvalue weighted by molar-refractivity contribution is 0.516. The molecule has 6 heteroatoms. The molecule has 102 valence electrons. The predicted molar refractivity (Wildman–Crippen MR) is 88.3 cm³/mol. The quantitative estimate of drug-likeness (QED) is 0.611. The van der Waals surface area contributed by atoms with Crippen molar-refractivity contribution in [3.63, 3.8) is 0 Å². The van der Waals surface area contributed by atoms with E-state index in [1.165, 1.54) is 0 Å². The lowest BCUT2D eigenvalue weighted by Gasteiger charge is -2.12. The first kappa shape index (κ1) is 15.2. The fourth-order valence-electron chi connectivity index (χ4n) is 1.86. The smallest absolute Gasteiger partial charge is 0.165 e. The molecular formula is C13H14Br3N3. The van der Waals surface area contributed by atoms with Gasteiger partial charge in [0.05, 0.1) is 5.33 Å². The van der Waals surface area contributed by atoms with Crippen LogP contribution in [0.1, 0.15) is 19.7 Å². The summed E-state index contributed by atoms with van der Waals surface area (Å²) >= 11 is 10.5. The summed E-state index contributed by atoms with van der Waals surface area (Å²) in [4.78, 5) is 0. The minimum Gasteiger partial charge on any atom is -0.310 e. The zero-order valence-electron chi connectivity index (χ0n) is 10.7. The second kappa shape index (κ2) is 6.50. The number of benzene rings is 1. The number of hydrogen-bond donors (Lipinski definition) is 0. The van der Waals surface area contributed by atoms with Crippen molar-refractivity contribution < 1.29 is 0 Å². The molecule has 0 saturated carbocycles. The van der Waals surface area contributed by atoms with E-state index in [1.54, 1.807) is 0 Å². The van der Waals surface area contributed by atoms with E-state index in [9.17, 15) is 0 Å². The summed E-state index contributed by atoms with van der Waals surface area (Å²) in [6.45, 7) is 5.29. The number of hydrogen-bond acceptors (Lipinski definition) is 2. The van der Waals surface area contributed by atoms with Crippen LogP contribution in [0.25, 0.3) is 11.4 Å². The van der Waals surface area contributed by atoms with Crippen molar-refractivity contribution in [2.24, 2.45) is 5.92 Å². The van der Waals surface area contributed by atoms with Crippen LogP contribution < -0.4 is 0 Å². The highest BCUT2D eigenvalue weighted by molar-refractivity contribution is 9.11. The van der Waals surface area contributed by atoms with Crippen molar-refractivity contribution >= 4 is 47.8 Å². The van der Waals surface area contributed by atoms with Crippen LogP contribution in [0, 0.1) is 5.92 Å². The average Bonchev–Trinajstić information content (AvgIpc) is 2.71. The first-order valence-corrected chi connectivity index (χ1v) is 8.67. The number of nitrogens with zero attached hydrogens (tertiary/aromatic N) is 3. The highest BCUT2D eigenvalue weighted by Crippen LogP contribution is 2.30. The highest BCUT2D eigenvalue weighted by Gasteiger charge is 2.16. The molecule has 1 heterocycles. The van der Waals surface area contributed by atoms with Gasteiger partial charge in [0, 0.05) is 21.1 Å².